The zero-order chi connectivity index (χ0) is 12.3. The third-order valence-corrected chi connectivity index (χ3v) is 3.24. The van der Waals surface area contributed by atoms with Crippen LogP contribution in [0.25, 0.3) is 0 Å². The highest BCUT2D eigenvalue weighted by molar-refractivity contribution is 5.95. The van der Waals surface area contributed by atoms with E-state index in [1.54, 1.807) is 4.90 Å². The Kier molecular flexibility index (Phi) is 3.79. The van der Waals surface area contributed by atoms with E-state index in [2.05, 4.69) is 30.4 Å². The van der Waals surface area contributed by atoms with Gasteiger partial charge in [0, 0.05) is 25.7 Å². The van der Waals surface area contributed by atoms with Crippen molar-refractivity contribution in [1.82, 2.24) is 5.32 Å². The molecule has 0 fully saturated rings. The summed E-state index contributed by atoms with van der Waals surface area (Å²) in [6.45, 7) is 4.13. The molecule has 3 nitrogen and oxygen atoms in total. The maximum Gasteiger partial charge on any atom is 0.227 e. The number of aryl methyl sites for hydroxylation is 1. The van der Waals surface area contributed by atoms with E-state index in [4.69, 9.17) is 0 Å². The highest BCUT2D eigenvalue weighted by atomic mass is 16.2. The second kappa shape index (κ2) is 5.32. The summed E-state index contributed by atoms with van der Waals surface area (Å²) in [6.07, 6.45) is 2.66. The van der Waals surface area contributed by atoms with Crippen LogP contribution in [0.2, 0.25) is 0 Å². The number of amides is 1. The van der Waals surface area contributed by atoms with Gasteiger partial charge in [-0.2, -0.15) is 0 Å². The van der Waals surface area contributed by atoms with Crippen molar-refractivity contribution in [3.05, 3.63) is 29.3 Å². The average Bonchev–Trinajstić information content (AvgIpc) is 2.34. The van der Waals surface area contributed by atoms with E-state index in [9.17, 15) is 4.79 Å². The summed E-state index contributed by atoms with van der Waals surface area (Å²) in [6, 6.07) is 6.40. The van der Waals surface area contributed by atoms with Crippen LogP contribution in [-0.4, -0.2) is 19.5 Å². The summed E-state index contributed by atoms with van der Waals surface area (Å²) in [5.41, 5.74) is 3.67. The smallest absolute Gasteiger partial charge is 0.227 e. The van der Waals surface area contributed by atoms with E-state index >= 15 is 0 Å². The number of nitrogens with zero attached hydrogens (tertiary/aromatic N) is 1. The number of fused-ring (bicyclic) bond motifs is 1. The number of hydrogen-bond donors (Lipinski definition) is 1. The van der Waals surface area contributed by atoms with Crippen LogP contribution in [0.3, 0.4) is 0 Å². The summed E-state index contributed by atoms with van der Waals surface area (Å²) in [4.78, 5) is 13.3. The molecule has 0 aromatic heterocycles. The molecule has 1 aromatic carbocycles. The number of benzene rings is 1. The predicted octanol–water partition coefficient (Wildman–Crippen LogP) is 2.10. The maximum atomic E-state index is 11.6. The number of anilines is 1. The number of carbonyl (C=O) groups excluding carboxylic acids is 1. The Morgan fingerprint density at radius 2 is 2.18 bits per heavy atom. The molecule has 0 radical (unpaired) electrons. The van der Waals surface area contributed by atoms with Crippen molar-refractivity contribution < 1.29 is 4.79 Å². The first kappa shape index (κ1) is 12.1. The summed E-state index contributed by atoms with van der Waals surface area (Å²) in [7, 11) is 1.86. The highest BCUT2D eigenvalue weighted by Crippen LogP contribution is 2.27. The fraction of sp³-hybridized carbons (Fsp3) is 0.500. The lowest BCUT2D eigenvalue weighted by Gasteiger charge is -2.26. The number of rotatable bonds is 4. The van der Waals surface area contributed by atoms with Gasteiger partial charge in [-0.15, -0.1) is 0 Å². The molecule has 1 aliphatic rings. The molecule has 1 N–H and O–H groups in total. The molecule has 0 bridgehead atoms. The van der Waals surface area contributed by atoms with Crippen LogP contribution in [0.4, 0.5) is 5.69 Å². The first-order valence-corrected chi connectivity index (χ1v) is 6.31. The summed E-state index contributed by atoms with van der Waals surface area (Å²) in [5, 5.41) is 3.40. The second-order valence-corrected chi connectivity index (χ2v) is 4.59. The largest absolute Gasteiger partial charge is 0.315 e. The molecular formula is C14H20N2O. The second-order valence-electron chi connectivity index (χ2n) is 4.59. The van der Waals surface area contributed by atoms with Gasteiger partial charge in [-0.3, -0.25) is 4.79 Å². The fourth-order valence-electron chi connectivity index (χ4n) is 2.23. The predicted molar refractivity (Wildman–Crippen MR) is 70.2 cm³/mol. The lowest BCUT2D eigenvalue weighted by Crippen LogP contribution is -2.31. The van der Waals surface area contributed by atoms with Gasteiger partial charge in [-0.25, -0.2) is 0 Å². The minimum atomic E-state index is 0.217. The van der Waals surface area contributed by atoms with Crippen molar-refractivity contribution in [1.29, 1.82) is 0 Å². The van der Waals surface area contributed by atoms with E-state index in [-0.39, 0.29) is 5.91 Å². The summed E-state index contributed by atoms with van der Waals surface area (Å²) < 4.78 is 0. The third kappa shape index (κ3) is 2.67. The monoisotopic (exact) mass is 232 g/mol. The van der Waals surface area contributed by atoms with Crippen molar-refractivity contribution in [3.8, 4) is 0 Å². The molecule has 0 saturated heterocycles. The topological polar surface area (TPSA) is 32.3 Å². The standard InChI is InChI=1S/C14H20N2O/c1-3-8-15-10-11-4-6-13-12(9-11)5-7-14(17)16(13)2/h4,6,9,15H,3,5,7-8,10H2,1-2H3. The van der Waals surface area contributed by atoms with E-state index < -0.39 is 0 Å². The zero-order valence-corrected chi connectivity index (χ0v) is 10.6. The van der Waals surface area contributed by atoms with Crippen LogP contribution in [0.5, 0.6) is 0 Å². The van der Waals surface area contributed by atoms with Gasteiger partial charge in [-0.05, 0) is 36.6 Å². The van der Waals surface area contributed by atoms with Gasteiger partial charge >= 0.3 is 0 Å². The van der Waals surface area contributed by atoms with E-state index in [1.807, 2.05) is 7.05 Å². The first-order chi connectivity index (χ1) is 8.22. The number of hydrogen-bond acceptors (Lipinski definition) is 2. The summed E-state index contributed by atoms with van der Waals surface area (Å²) in [5.74, 6) is 0.217. The number of nitrogens with one attached hydrogen (secondary N) is 1. The summed E-state index contributed by atoms with van der Waals surface area (Å²) >= 11 is 0. The molecule has 0 unspecified atom stereocenters. The Morgan fingerprint density at radius 1 is 1.35 bits per heavy atom. The van der Waals surface area contributed by atoms with Crippen molar-refractivity contribution >= 4 is 11.6 Å². The van der Waals surface area contributed by atoms with Gasteiger partial charge in [0.15, 0.2) is 0 Å². The molecule has 0 spiro atoms. The van der Waals surface area contributed by atoms with Gasteiger partial charge in [0.25, 0.3) is 0 Å². The van der Waals surface area contributed by atoms with Crippen LogP contribution >= 0.6 is 0 Å². The maximum absolute atomic E-state index is 11.6. The minimum absolute atomic E-state index is 0.217. The van der Waals surface area contributed by atoms with Crippen LogP contribution in [0.15, 0.2) is 18.2 Å². The molecule has 1 aliphatic heterocycles. The van der Waals surface area contributed by atoms with Crippen LogP contribution in [0, 0.1) is 0 Å². The highest BCUT2D eigenvalue weighted by Gasteiger charge is 2.20. The Bertz CT molecular complexity index is 415. The molecule has 2 rings (SSSR count). The molecule has 1 aromatic rings. The van der Waals surface area contributed by atoms with Crippen LogP contribution < -0.4 is 10.2 Å². The molecular weight excluding hydrogens is 212 g/mol. The lowest BCUT2D eigenvalue weighted by molar-refractivity contribution is -0.118. The Labute approximate surface area is 103 Å². The van der Waals surface area contributed by atoms with E-state index in [0.717, 1.165) is 31.6 Å². The zero-order valence-electron chi connectivity index (χ0n) is 10.6. The van der Waals surface area contributed by atoms with Gasteiger partial charge in [0.2, 0.25) is 5.91 Å². The third-order valence-electron chi connectivity index (χ3n) is 3.24. The SMILES string of the molecule is CCCNCc1ccc2c(c1)CCC(=O)N2C. The van der Waals surface area contributed by atoms with Crippen LogP contribution in [-0.2, 0) is 17.8 Å². The Balaban J connectivity index is 2.12. The average molecular weight is 232 g/mol. The molecule has 1 heterocycles. The molecule has 0 atom stereocenters. The minimum Gasteiger partial charge on any atom is -0.315 e. The molecule has 1 amide bonds. The fourth-order valence-corrected chi connectivity index (χ4v) is 2.23. The van der Waals surface area contributed by atoms with E-state index in [0.29, 0.717) is 6.42 Å². The Hall–Kier alpha value is -1.35. The molecule has 92 valence electrons. The van der Waals surface area contributed by atoms with Crippen molar-refractivity contribution in [2.75, 3.05) is 18.5 Å². The van der Waals surface area contributed by atoms with Gasteiger partial charge < -0.3 is 10.2 Å². The molecule has 0 aliphatic carbocycles. The molecule has 0 saturated carbocycles. The first-order valence-electron chi connectivity index (χ1n) is 6.31. The van der Waals surface area contributed by atoms with Crippen molar-refractivity contribution in [2.24, 2.45) is 0 Å². The number of carbonyl (C=O) groups is 1. The lowest BCUT2D eigenvalue weighted by atomic mass is 9.99. The van der Waals surface area contributed by atoms with E-state index in [1.165, 1.54) is 11.1 Å². The van der Waals surface area contributed by atoms with Crippen LogP contribution in [0.1, 0.15) is 30.9 Å². The van der Waals surface area contributed by atoms with Crippen molar-refractivity contribution in [3.63, 3.8) is 0 Å². The Morgan fingerprint density at radius 3 is 2.94 bits per heavy atom. The molecule has 17 heavy (non-hydrogen) atoms. The van der Waals surface area contributed by atoms with Gasteiger partial charge in [-0.1, -0.05) is 19.1 Å². The normalized spacial score (nSPS) is 14.9. The van der Waals surface area contributed by atoms with Gasteiger partial charge in [0.05, 0.1) is 0 Å². The van der Waals surface area contributed by atoms with Crippen molar-refractivity contribution in [2.45, 2.75) is 32.7 Å². The quantitative estimate of drug-likeness (QED) is 0.806. The van der Waals surface area contributed by atoms with Gasteiger partial charge in [0.1, 0.15) is 0 Å². The molecule has 3 heteroatoms.